The molecule has 3 aromatic heterocycles. The predicted octanol–water partition coefficient (Wildman–Crippen LogP) is 3.82. The van der Waals surface area contributed by atoms with Crippen LogP contribution >= 0.6 is 0 Å². The summed E-state index contributed by atoms with van der Waals surface area (Å²) in [5.74, 6) is 0.740. The molecular formula is C21H23F2N7O2. The molecule has 9 nitrogen and oxygen atoms in total. The fourth-order valence-corrected chi connectivity index (χ4v) is 3.81. The van der Waals surface area contributed by atoms with Gasteiger partial charge in [0.05, 0.1) is 25.5 Å². The fraction of sp³-hybridized carbons (Fsp3) is 0.524. The number of nitrogens with one attached hydrogen (secondary N) is 1. The van der Waals surface area contributed by atoms with Crippen molar-refractivity contribution in [1.82, 2.24) is 24.3 Å². The van der Waals surface area contributed by atoms with E-state index in [0.29, 0.717) is 30.2 Å². The lowest BCUT2D eigenvalue weighted by Crippen LogP contribution is -2.17. The predicted molar refractivity (Wildman–Crippen MR) is 111 cm³/mol. The molecule has 2 aliphatic rings. The smallest absolute Gasteiger partial charge is 0.260 e. The molecule has 3 aromatic rings. The van der Waals surface area contributed by atoms with Crippen molar-refractivity contribution in [2.45, 2.75) is 51.3 Å². The van der Waals surface area contributed by atoms with Crippen LogP contribution in [0.4, 0.5) is 20.4 Å². The molecule has 0 spiro atoms. The molecule has 1 aliphatic carbocycles. The molecule has 0 bridgehead atoms. The normalized spacial score (nSPS) is 21.8. The quantitative estimate of drug-likeness (QED) is 0.592. The van der Waals surface area contributed by atoms with Crippen molar-refractivity contribution >= 4 is 22.7 Å². The minimum Gasteiger partial charge on any atom is -0.472 e. The van der Waals surface area contributed by atoms with Gasteiger partial charge in [0.2, 0.25) is 5.95 Å². The number of rotatable bonds is 7. The molecule has 32 heavy (non-hydrogen) atoms. The van der Waals surface area contributed by atoms with Gasteiger partial charge in [-0.3, -0.25) is 4.68 Å². The summed E-state index contributed by atoms with van der Waals surface area (Å²) in [6.07, 6.45) is 2.41. The minimum atomic E-state index is -2.56. The van der Waals surface area contributed by atoms with E-state index < -0.39 is 12.5 Å². The Hall–Kier alpha value is -3.26. The van der Waals surface area contributed by atoms with Gasteiger partial charge in [-0.1, -0.05) is 6.92 Å². The van der Waals surface area contributed by atoms with Gasteiger partial charge < -0.3 is 19.4 Å². The molecule has 5 rings (SSSR count). The first-order chi connectivity index (χ1) is 15.4. The van der Waals surface area contributed by atoms with Gasteiger partial charge in [-0.15, -0.1) is 5.10 Å². The molecule has 0 amide bonds. The van der Waals surface area contributed by atoms with Crippen LogP contribution in [0.15, 0.2) is 18.5 Å². The van der Waals surface area contributed by atoms with Crippen molar-refractivity contribution in [3.8, 4) is 11.9 Å². The van der Waals surface area contributed by atoms with E-state index in [0.717, 1.165) is 18.2 Å². The number of aromatic nitrogens is 5. The maximum atomic E-state index is 13.2. The Kier molecular flexibility index (Phi) is 5.17. The molecule has 11 heteroatoms. The molecule has 4 heterocycles. The van der Waals surface area contributed by atoms with Gasteiger partial charge in [-0.25, -0.2) is 13.8 Å². The highest BCUT2D eigenvalue weighted by molar-refractivity contribution is 5.79. The standard InChI is InChI=1S/C21H23F2N7O2/c1-11-9-31-10-17(11)30-14(6-24)5-13-7-25-21(27-19(13)30)26-16-8-29(12(2)18(22)23)28-20(16)32-15-3-4-15/h5,7-8,11-12,15,17-18H,3-4,9-10H2,1-2H3,(H,25,26,27)/t11-,12?,17-/m0/s1. The van der Waals surface area contributed by atoms with Gasteiger partial charge in [-0.05, 0) is 25.8 Å². The van der Waals surface area contributed by atoms with Crippen molar-refractivity contribution in [2.75, 3.05) is 18.5 Å². The van der Waals surface area contributed by atoms with E-state index in [4.69, 9.17) is 9.47 Å². The SMILES string of the molecule is CC(C(F)F)n1cc(Nc2ncc3cc(C#N)n([C@H]4COC[C@@H]4C)c3n2)c(OC2CC2)n1. The zero-order valence-corrected chi connectivity index (χ0v) is 17.7. The topological polar surface area (TPSA) is 103 Å². The first kappa shape index (κ1) is 20.6. The summed E-state index contributed by atoms with van der Waals surface area (Å²) >= 11 is 0. The molecular weight excluding hydrogens is 420 g/mol. The number of ether oxygens (including phenoxy) is 2. The Balaban J connectivity index is 1.51. The lowest BCUT2D eigenvalue weighted by Gasteiger charge is -2.17. The second-order valence-corrected chi connectivity index (χ2v) is 8.41. The summed E-state index contributed by atoms with van der Waals surface area (Å²) in [5.41, 5.74) is 1.52. The van der Waals surface area contributed by atoms with Crippen LogP contribution in [0, 0.1) is 17.2 Å². The summed E-state index contributed by atoms with van der Waals surface area (Å²) in [5, 5.41) is 17.6. The van der Waals surface area contributed by atoms with Crippen LogP contribution < -0.4 is 10.1 Å². The molecule has 1 saturated heterocycles. The number of alkyl halides is 2. The molecule has 1 aliphatic heterocycles. The molecule has 1 saturated carbocycles. The number of hydrogen-bond acceptors (Lipinski definition) is 7. The first-order valence-electron chi connectivity index (χ1n) is 10.6. The third-order valence-electron chi connectivity index (χ3n) is 5.88. The average Bonchev–Trinajstić information content (AvgIpc) is 3.18. The molecule has 2 fully saturated rings. The van der Waals surface area contributed by atoms with Crippen molar-refractivity contribution < 1.29 is 18.3 Å². The van der Waals surface area contributed by atoms with Gasteiger partial charge in [0, 0.05) is 17.5 Å². The maximum absolute atomic E-state index is 13.2. The minimum absolute atomic E-state index is 0.00620. The number of hydrogen-bond donors (Lipinski definition) is 1. The Morgan fingerprint density at radius 2 is 2.16 bits per heavy atom. The van der Waals surface area contributed by atoms with Crippen LogP contribution in [-0.4, -0.2) is 50.1 Å². The molecule has 1 N–H and O–H groups in total. The van der Waals surface area contributed by atoms with Crippen LogP contribution in [0.3, 0.4) is 0 Å². The molecule has 0 aromatic carbocycles. The van der Waals surface area contributed by atoms with Crippen molar-refractivity contribution in [3.63, 3.8) is 0 Å². The van der Waals surface area contributed by atoms with Crippen LogP contribution in [0.5, 0.6) is 5.88 Å². The van der Waals surface area contributed by atoms with E-state index in [1.54, 1.807) is 12.3 Å². The average molecular weight is 443 g/mol. The first-order valence-corrected chi connectivity index (χ1v) is 10.6. The number of fused-ring (bicyclic) bond motifs is 1. The summed E-state index contributed by atoms with van der Waals surface area (Å²) in [4.78, 5) is 8.98. The second kappa shape index (κ2) is 8.02. The molecule has 1 unspecified atom stereocenters. The van der Waals surface area contributed by atoms with Crippen LogP contribution in [0.2, 0.25) is 0 Å². The second-order valence-electron chi connectivity index (χ2n) is 8.41. The number of anilines is 2. The Morgan fingerprint density at radius 3 is 2.81 bits per heavy atom. The monoisotopic (exact) mass is 443 g/mol. The largest absolute Gasteiger partial charge is 0.472 e. The third-order valence-corrected chi connectivity index (χ3v) is 5.88. The summed E-state index contributed by atoms with van der Waals surface area (Å²) in [6.45, 7) is 4.59. The van der Waals surface area contributed by atoms with E-state index in [1.807, 2.05) is 4.57 Å². The Morgan fingerprint density at radius 1 is 1.34 bits per heavy atom. The molecule has 0 radical (unpaired) electrons. The van der Waals surface area contributed by atoms with Crippen molar-refractivity contribution in [1.29, 1.82) is 5.26 Å². The third kappa shape index (κ3) is 3.75. The Bertz CT molecular complexity index is 1180. The van der Waals surface area contributed by atoms with E-state index >= 15 is 0 Å². The van der Waals surface area contributed by atoms with E-state index in [-0.39, 0.29) is 29.9 Å². The summed E-state index contributed by atoms with van der Waals surface area (Å²) in [6, 6.07) is 2.88. The van der Waals surface area contributed by atoms with Gasteiger partial charge in [0.15, 0.2) is 0 Å². The van der Waals surface area contributed by atoms with E-state index in [9.17, 15) is 14.0 Å². The number of halogens is 2. The highest BCUT2D eigenvalue weighted by Gasteiger charge is 2.30. The van der Waals surface area contributed by atoms with E-state index in [1.165, 1.54) is 17.8 Å². The zero-order valence-electron chi connectivity index (χ0n) is 17.7. The summed E-state index contributed by atoms with van der Waals surface area (Å²) < 4.78 is 40.9. The lowest BCUT2D eigenvalue weighted by molar-refractivity contribution is 0.0846. The van der Waals surface area contributed by atoms with Gasteiger partial charge in [-0.2, -0.15) is 10.2 Å². The fourth-order valence-electron chi connectivity index (χ4n) is 3.81. The van der Waals surface area contributed by atoms with Gasteiger partial charge in [0.1, 0.15) is 35.2 Å². The van der Waals surface area contributed by atoms with Gasteiger partial charge in [0.25, 0.3) is 12.3 Å². The highest BCUT2D eigenvalue weighted by Crippen LogP contribution is 2.35. The van der Waals surface area contributed by atoms with Gasteiger partial charge >= 0.3 is 0 Å². The molecule has 3 atom stereocenters. The number of nitrogens with zero attached hydrogens (tertiary/aromatic N) is 6. The van der Waals surface area contributed by atoms with Crippen LogP contribution in [0.25, 0.3) is 11.0 Å². The number of nitriles is 1. The maximum Gasteiger partial charge on any atom is 0.260 e. The van der Waals surface area contributed by atoms with Crippen LogP contribution in [0.1, 0.15) is 44.5 Å². The van der Waals surface area contributed by atoms with E-state index in [2.05, 4.69) is 33.4 Å². The van der Waals surface area contributed by atoms with Crippen LogP contribution in [-0.2, 0) is 4.74 Å². The van der Waals surface area contributed by atoms with Crippen molar-refractivity contribution in [3.05, 3.63) is 24.2 Å². The Labute approximate surface area is 183 Å². The summed E-state index contributed by atoms with van der Waals surface area (Å²) in [7, 11) is 0. The molecule has 168 valence electrons. The zero-order chi connectivity index (χ0) is 22.4. The highest BCUT2D eigenvalue weighted by atomic mass is 19.3. The van der Waals surface area contributed by atoms with Crippen molar-refractivity contribution in [2.24, 2.45) is 5.92 Å². The lowest BCUT2D eigenvalue weighted by atomic mass is 10.1.